The zero-order chi connectivity index (χ0) is 10.7. The Morgan fingerprint density at radius 3 is 2.79 bits per heavy atom. The Bertz CT molecular complexity index is 333. The lowest BCUT2D eigenvalue weighted by atomic mass is 10.0. The molecule has 1 rings (SSSR count). The zero-order valence-electron chi connectivity index (χ0n) is 8.40. The molecular formula is C9H15N3O2. The normalized spacial score (nSPS) is 12.8. The minimum Gasteiger partial charge on any atom is -0.481 e. The summed E-state index contributed by atoms with van der Waals surface area (Å²) in [5.41, 5.74) is 7.29. The molecule has 0 spiro atoms. The van der Waals surface area contributed by atoms with E-state index in [9.17, 15) is 4.79 Å². The fourth-order valence-corrected chi connectivity index (χ4v) is 1.53. The Kier molecular flexibility index (Phi) is 3.24. The molecule has 0 fully saturated rings. The summed E-state index contributed by atoms with van der Waals surface area (Å²) in [7, 11) is 1.80. The van der Waals surface area contributed by atoms with Crippen molar-refractivity contribution in [1.29, 1.82) is 0 Å². The first-order valence-electron chi connectivity index (χ1n) is 4.47. The van der Waals surface area contributed by atoms with Gasteiger partial charge >= 0.3 is 5.97 Å². The van der Waals surface area contributed by atoms with Gasteiger partial charge in [0.2, 0.25) is 0 Å². The number of carbonyl (C=O) groups is 1. The predicted octanol–water partition coefficient (Wildman–Crippen LogP) is 0.246. The molecule has 1 aromatic rings. The molecular weight excluding hydrogens is 182 g/mol. The highest BCUT2D eigenvalue weighted by molar-refractivity contribution is 5.68. The number of nitrogens with zero attached hydrogens (tertiary/aromatic N) is 2. The van der Waals surface area contributed by atoms with E-state index in [0.29, 0.717) is 6.54 Å². The minimum absolute atomic E-state index is 0.0511. The average molecular weight is 197 g/mol. The lowest BCUT2D eigenvalue weighted by molar-refractivity contribution is -0.137. The van der Waals surface area contributed by atoms with E-state index in [1.807, 2.05) is 13.0 Å². The topological polar surface area (TPSA) is 81.1 Å². The SMILES string of the molecule is Cc1cc(C(CN)CC(=O)O)n(C)n1. The second kappa shape index (κ2) is 4.23. The predicted molar refractivity (Wildman–Crippen MR) is 52.0 cm³/mol. The van der Waals surface area contributed by atoms with Gasteiger partial charge in [0.1, 0.15) is 0 Å². The number of carboxylic acids is 1. The van der Waals surface area contributed by atoms with E-state index in [-0.39, 0.29) is 12.3 Å². The second-order valence-corrected chi connectivity index (χ2v) is 3.36. The molecule has 1 unspecified atom stereocenters. The number of rotatable bonds is 4. The van der Waals surface area contributed by atoms with Crippen molar-refractivity contribution in [2.24, 2.45) is 12.8 Å². The van der Waals surface area contributed by atoms with Gasteiger partial charge in [-0.2, -0.15) is 5.10 Å². The molecule has 0 radical (unpaired) electrons. The van der Waals surface area contributed by atoms with E-state index >= 15 is 0 Å². The van der Waals surface area contributed by atoms with Gasteiger partial charge in [-0.15, -0.1) is 0 Å². The van der Waals surface area contributed by atoms with Crippen LogP contribution < -0.4 is 5.73 Å². The van der Waals surface area contributed by atoms with E-state index in [1.54, 1.807) is 11.7 Å². The third-order valence-electron chi connectivity index (χ3n) is 2.16. The molecule has 0 aliphatic carbocycles. The average Bonchev–Trinajstić information content (AvgIpc) is 2.41. The van der Waals surface area contributed by atoms with Crippen molar-refractivity contribution in [3.05, 3.63) is 17.5 Å². The van der Waals surface area contributed by atoms with Gasteiger partial charge in [0.05, 0.1) is 12.1 Å². The lowest BCUT2D eigenvalue weighted by Gasteiger charge is -2.11. The molecule has 5 nitrogen and oxygen atoms in total. The Hall–Kier alpha value is -1.36. The summed E-state index contributed by atoms with van der Waals surface area (Å²) in [5.74, 6) is -0.988. The first kappa shape index (κ1) is 10.7. The van der Waals surface area contributed by atoms with Crippen molar-refractivity contribution < 1.29 is 9.90 Å². The third kappa shape index (κ3) is 2.32. The lowest BCUT2D eigenvalue weighted by Crippen LogP contribution is -2.18. The Balaban J connectivity index is 2.88. The standard InChI is InChI=1S/C9H15N3O2/c1-6-3-8(12(2)11-6)7(5-10)4-9(13)14/h3,7H,4-5,10H2,1-2H3,(H,13,14). The van der Waals surface area contributed by atoms with Crippen LogP contribution >= 0.6 is 0 Å². The first-order valence-corrected chi connectivity index (χ1v) is 4.47. The molecule has 0 bridgehead atoms. The van der Waals surface area contributed by atoms with Crippen LogP contribution in [0.2, 0.25) is 0 Å². The van der Waals surface area contributed by atoms with Gasteiger partial charge in [0.25, 0.3) is 0 Å². The Labute approximate surface area is 82.5 Å². The van der Waals surface area contributed by atoms with Gasteiger partial charge in [0.15, 0.2) is 0 Å². The highest BCUT2D eigenvalue weighted by Gasteiger charge is 2.17. The summed E-state index contributed by atoms with van der Waals surface area (Å²) >= 11 is 0. The van der Waals surface area contributed by atoms with Gasteiger partial charge in [0, 0.05) is 25.2 Å². The van der Waals surface area contributed by atoms with Crippen LogP contribution in [0.1, 0.15) is 23.7 Å². The van der Waals surface area contributed by atoms with Crippen LogP contribution in [-0.2, 0) is 11.8 Å². The Morgan fingerprint density at radius 1 is 1.79 bits per heavy atom. The van der Waals surface area contributed by atoms with Gasteiger partial charge in [-0.25, -0.2) is 0 Å². The van der Waals surface area contributed by atoms with E-state index < -0.39 is 5.97 Å². The third-order valence-corrected chi connectivity index (χ3v) is 2.16. The highest BCUT2D eigenvalue weighted by Crippen LogP contribution is 2.18. The number of hydrogen-bond donors (Lipinski definition) is 2. The molecule has 0 amide bonds. The van der Waals surface area contributed by atoms with Crippen molar-refractivity contribution in [3.63, 3.8) is 0 Å². The molecule has 14 heavy (non-hydrogen) atoms. The smallest absolute Gasteiger partial charge is 0.304 e. The summed E-state index contributed by atoms with van der Waals surface area (Å²) in [6.07, 6.45) is 0.0511. The minimum atomic E-state index is -0.834. The number of nitrogens with two attached hydrogens (primary N) is 1. The van der Waals surface area contributed by atoms with Crippen molar-refractivity contribution in [1.82, 2.24) is 9.78 Å². The quantitative estimate of drug-likeness (QED) is 0.724. The van der Waals surface area contributed by atoms with Crippen molar-refractivity contribution in [2.75, 3.05) is 6.54 Å². The van der Waals surface area contributed by atoms with Gasteiger partial charge in [-0.1, -0.05) is 0 Å². The van der Waals surface area contributed by atoms with E-state index in [1.165, 1.54) is 0 Å². The maximum absolute atomic E-state index is 10.6. The number of carboxylic acid groups (broad SMARTS) is 1. The largest absolute Gasteiger partial charge is 0.481 e. The summed E-state index contributed by atoms with van der Waals surface area (Å²) in [6.45, 7) is 2.20. The summed E-state index contributed by atoms with van der Waals surface area (Å²) < 4.78 is 1.69. The highest BCUT2D eigenvalue weighted by atomic mass is 16.4. The molecule has 0 aromatic carbocycles. The van der Waals surface area contributed by atoms with Crippen LogP contribution in [-0.4, -0.2) is 27.4 Å². The second-order valence-electron chi connectivity index (χ2n) is 3.36. The molecule has 78 valence electrons. The van der Waals surface area contributed by atoms with Crippen molar-refractivity contribution >= 4 is 5.97 Å². The molecule has 0 saturated heterocycles. The first-order chi connectivity index (χ1) is 6.54. The molecule has 1 heterocycles. The number of aryl methyl sites for hydroxylation is 2. The molecule has 1 aromatic heterocycles. The maximum atomic E-state index is 10.6. The van der Waals surface area contributed by atoms with Crippen LogP contribution in [0, 0.1) is 6.92 Å². The number of aliphatic carboxylic acids is 1. The molecule has 1 atom stereocenters. The summed E-state index contributed by atoms with van der Waals surface area (Å²) in [5, 5.41) is 12.8. The molecule has 3 N–H and O–H groups in total. The molecule has 0 saturated carbocycles. The van der Waals surface area contributed by atoms with Crippen LogP contribution in [0.3, 0.4) is 0 Å². The van der Waals surface area contributed by atoms with Crippen LogP contribution in [0.5, 0.6) is 0 Å². The maximum Gasteiger partial charge on any atom is 0.304 e. The molecule has 0 aliphatic rings. The number of aromatic nitrogens is 2. The van der Waals surface area contributed by atoms with Crippen molar-refractivity contribution in [3.8, 4) is 0 Å². The summed E-state index contributed by atoms with van der Waals surface area (Å²) in [6, 6.07) is 1.88. The fraction of sp³-hybridized carbons (Fsp3) is 0.556. The van der Waals surface area contributed by atoms with E-state index in [2.05, 4.69) is 5.10 Å². The van der Waals surface area contributed by atoms with E-state index in [0.717, 1.165) is 11.4 Å². The van der Waals surface area contributed by atoms with Gasteiger partial charge < -0.3 is 10.8 Å². The summed E-state index contributed by atoms with van der Waals surface area (Å²) in [4.78, 5) is 10.6. The monoisotopic (exact) mass is 197 g/mol. The molecule has 5 heteroatoms. The van der Waals surface area contributed by atoms with Crippen LogP contribution in [0.25, 0.3) is 0 Å². The van der Waals surface area contributed by atoms with Gasteiger partial charge in [-0.05, 0) is 13.0 Å². The fourth-order valence-electron chi connectivity index (χ4n) is 1.53. The van der Waals surface area contributed by atoms with Crippen molar-refractivity contribution in [2.45, 2.75) is 19.3 Å². The van der Waals surface area contributed by atoms with Crippen LogP contribution in [0.4, 0.5) is 0 Å². The Morgan fingerprint density at radius 2 is 2.43 bits per heavy atom. The van der Waals surface area contributed by atoms with E-state index in [4.69, 9.17) is 10.8 Å². The number of hydrogen-bond acceptors (Lipinski definition) is 3. The van der Waals surface area contributed by atoms with Gasteiger partial charge in [-0.3, -0.25) is 9.48 Å². The van der Waals surface area contributed by atoms with Crippen LogP contribution in [0.15, 0.2) is 6.07 Å². The molecule has 0 aliphatic heterocycles. The zero-order valence-corrected chi connectivity index (χ0v) is 8.40.